The first kappa shape index (κ1) is 14.7. The molecule has 1 heterocycles. The number of amides is 1. The Bertz CT molecular complexity index is 832. The van der Waals surface area contributed by atoms with Gasteiger partial charge in [0.1, 0.15) is 17.2 Å². The first-order chi connectivity index (χ1) is 11.1. The molecular weight excluding hydrogens is 288 g/mol. The molecule has 3 aromatic rings. The summed E-state index contributed by atoms with van der Waals surface area (Å²) in [6.07, 6.45) is 0.532. The number of benzene rings is 2. The zero-order chi connectivity index (χ0) is 16.2. The van der Waals surface area contributed by atoms with Gasteiger partial charge in [-0.2, -0.15) is 0 Å². The molecule has 0 radical (unpaired) electrons. The first-order valence-electron chi connectivity index (χ1n) is 7.20. The van der Waals surface area contributed by atoms with Gasteiger partial charge in [-0.3, -0.25) is 4.79 Å². The lowest BCUT2D eigenvalue weighted by Crippen LogP contribution is -2.18. The Morgan fingerprint density at radius 3 is 2.13 bits per heavy atom. The number of rotatable bonds is 4. The smallest absolute Gasteiger partial charge is 0.254 e. The maximum absolute atomic E-state index is 11.7. The average molecular weight is 304 g/mol. The first-order valence-corrected chi connectivity index (χ1v) is 7.20. The van der Waals surface area contributed by atoms with Gasteiger partial charge in [0, 0.05) is 12.0 Å². The van der Waals surface area contributed by atoms with E-state index in [9.17, 15) is 4.79 Å². The maximum atomic E-state index is 11.7. The van der Waals surface area contributed by atoms with Crippen molar-refractivity contribution >= 4 is 11.7 Å². The molecule has 3 rings (SSSR count). The van der Waals surface area contributed by atoms with Gasteiger partial charge in [0.05, 0.1) is 5.69 Å². The minimum Gasteiger partial charge on any atom is -0.383 e. The molecule has 5 heteroatoms. The lowest BCUT2D eigenvalue weighted by atomic mass is 10.0. The van der Waals surface area contributed by atoms with Crippen molar-refractivity contribution in [2.45, 2.75) is 6.42 Å². The topological polar surface area (TPSA) is 94.9 Å². The van der Waals surface area contributed by atoms with Crippen LogP contribution in [-0.2, 0) is 6.42 Å². The molecule has 0 spiro atoms. The van der Waals surface area contributed by atoms with Gasteiger partial charge in [0.15, 0.2) is 0 Å². The molecule has 4 N–H and O–H groups in total. The van der Waals surface area contributed by atoms with Gasteiger partial charge in [-0.15, -0.1) is 0 Å². The minimum absolute atomic E-state index is 0.109. The number of hydrogen-bond donors (Lipinski definition) is 2. The molecule has 1 aromatic heterocycles. The summed E-state index contributed by atoms with van der Waals surface area (Å²) in [5.74, 6) is 0.0300. The third kappa shape index (κ3) is 3.18. The van der Waals surface area contributed by atoms with Crippen LogP contribution in [0.25, 0.3) is 11.3 Å². The Balaban J connectivity index is 2.10. The van der Waals surface area contributed by atoms with Crippen LogP contribution in [0.15, 0.2) is 60.7 Å². The number of nitrogens with two attached hydrogens (primary N) is 2. The van der Waals surface area contributed by atoms with E-state index in [1.165, 1.54) is 0 Å². The molecular formula is C18H16N4O. The SMILES string of the molecule is NC(=O)c1c(N)nc(Cc2ccccc2)nc1-c1ccccc1. The van der Waals surface area contributed by atoms with Crippen LogP contribution in [0.2, 0.25) is 0 Å². The number of nitrogens with zero attached hydrogens (tertiary/aromatic N) is 2. The van der Waals surface area contributed by atoms with E-state index in [4.69, 9.17) is 11.5 Å². The summed E-state index contributed by atoms with van der Waals surface area (Å²) >= 11 is 0. The van der Waals surface area contributed by atoms with Gasteiger partial charge in [-0.05, 0) is 5.56 Å². The fourth-order valence-electron chi connectivity index (χ4n) is 2.43. The van der Waals surface area contributed by atoms with Gasteiger partial charge in [0.25, 0.3) is 5.91 Å². The highest BCUT2D eigenvalue weighted by Crippen LogP contribution is 2.25. The molecule has 0 unspecified atom stereocenters. The van der Waals surface area contributed by atoms with Gasteiger partial charge in [-0.25, -0.2) is 9.97 Å². The van der Waals surface area contributed by atoms with Crippen molar-refractivity contribution in [3.63, 3.8) is 0 Å². The fourth-order valence-corrected chi connectivity index (χ4v) is 2.43. The molecule has 2 aromatic carbocycles. The van der Waals surface area contributed by atoms with Gasteiger partial charge in [0.2, 0.25) is 0 Å². The zero-order valence-corrected chi connectivity index (χ0v) is 12.4. The summed E-state index contributed by atoms with van der Waals surface area (Å²) in [6.45, 7) is 0. The minimum atomic E-state index is -0.632. The average Bonchev–Trinajstić information content (AvgIpc) is 2.55. The molecule has 114 valence electrons. The van der Waals surface area contributed by atoms with Crippen LogP contribution in [0.5, 0.6) is 0 Å². The van der Waals surface area contributed by atoms with Crippen LogP contribution in [0.4, 0.5) is 5.82 Å². The lowest BCUT2D eigenvalue weighted by Gasteiger charge is -2.11. The van der Waals surface area contributed by atoms with E-state index in [2.05, 4.69) is 9.97 Å². The highest BCUT2D eigenvalue weighted by Gasteiger charge is 2.18. The number of primary amides is 1. The summed E-state index contributed by atoms with van der Waals surface area (Å²) in [4.78, 5) is 20.5. The summed E-state index contributed by atoms with van der Waals surface area (Å²) in [6, 6.07) is 19.2. The third-order valence-electron chi connectivity index (χ3n) is 3.48. The molecule has 0 saturated carbocycles. The van der Waals surface area contributed by atoms with E-state index in [-0.39, 0.29) is 11.4 Å². The van der Waals surface area contributed by atoms with Crippen LogP contribution in [0, 0.1) is 0 Å². The molecule has 0 aliphatic rings. The standard InChI is InChI=1S/C18H16N4O/c19-17-15(18(20)23)16(13-9-5-2-6-10-13)21-14(22-17)11-12-7-3-1-4-8-12/h1-10H,11H2,(H2,20,23)(H2,19,21,22). The van der Waals surface area contributed by atoms with Gasteiger partial charge in [-0.1, -0.05) is 60.7 Å². The summed E-state index contributed by atoms with van der Waals surface area (Å²) in [7, 11) is 0. The largest absolute Gasteiger partial charge is 0.383 e. The zero-order valence-electron chi connectivity index (χ0n) is 12.4. The summed E-state index contributed by atoms with van der Waals surface area (Å²) in [5, 5.41) is 0. The second-order valence-corrected chi connectivity index (χ2v) is 5.14. The second kappa shape index (κ2) is 6.27. The predicted molar refractivity (Wildman–Crippen MR) is 89.6 cm³/mol. The normalized spacial score (nSPS) is 10.4. The highest BCUT2D eigenvalue weighted by molar-refractivity contribution is 6.02. The Labute approximate surface area is 134 Å². The van der Waals surface area contributed by atoms with E-state index in [1.807, 2.05) is 60.7 Å². The number of nitrogen functional groups attached to an aromatic ring is 1. The van der Waals surface area contributed by atoms with Crippen LogP contribution >= 0.6 is 0 Å². The van der Waals surface area contributed by atoms with Crippen molar-refractivity contribution in [3.8, 4) is 11.3 Å². The van der Waals surface area contributed by atoms with Crippen LogP contribution < -0.4 is 11.5 Å². The Morgan fingerprint density at radius 2 is 1.52 bits per heavy atom. The van der Waals surface area contributed by atoms with Crippen molar-refractivity contribution in [2.75, 3.05) is 5.73 Å². The van der Waals surface area contributed by atoms with Gasteiger partial charge < -0.3 is 11.5 Å². The molecule has 5 nitrogen and oxygen atoms in total. The monoisotopic (exact) mass is 304 g/mol. The molecule has 23 heavy (non-hydrogen) atoms. The number of hydrogen-bond acceptors (Lipinski definition) is 4. The van der Waals surface area contributed by atoms with Crippen LogP contribution in [-0.4, -0.2) is 15.9 Å². The van der Waals surface area contributed by atoms with Crippen LogP contribution in [0.1, 0.15) is 21.7 Å². The molecule has 0 aliphatic carbocycles. The highest BCUT2D eigenvalue weighted by atomic mass is 16.1. The Hall–Kier alpha value is -3.21. The summed E-state index contributed by atoms with van der Waals surface area (Å²) in [5.41, 5.74) is 13.9. The van der Waals surface area contributed by atoms with Crippen molar-refractivity contribution in [1.82, 2.24) is 9.97 Å². The lowest BCUT2D eigenvalue weighted by molar-refractivity contribution is 0.100. The van der Waals surface area contributed by atoms with E-state index in [0.29, 0.717) is 17.9 Å². The molecule has 0 atom stereocenters. The molecule has 0 bridgehead atoms. The number of carbonyl (C=O) groups excluding carboxylic acids is 1. The van der Waals surface area contributed by atoms with E-state index < -0.39 is 5.91 Å². The molecule has 1 amide bonds. The van der Waals surface area contributed by atoms with Gasteiger partial charge >= 0.3 is 0 Å². The van der Waals surface area contributed by atoms with E-state index in [1.54, 1.807) is 0 Å². The van der Waals surface area contributed by atoms with E-state index >= 15 is 0 Å². The Morgan fingerprint density at radius 1 is 0.913 bits per heavy atom. The third-order valence-corrected chi connectivity index (χ3v) is 3.48. The molecule has 0 fully saturated rings. The maximum Gasteiger partial charge on any atom is 0.254 e. The molecule has 0 aliphatic heterocycles. The fraction of sp³-hybridized carbons (Fsp3) is 0.0556. The Kier molecular flexibility index (Phi) is 4.01. The summed E-state index contributed by atoms with van der Waals surface area (Å²) < 4.78 is 0. The van der Waals surface area contributed by atoms with Crippen LogP contribution in [0.3, 0.4) is 0 Å². The predicted octanol–water partition coefficient (Wildman–Crippen LogP) is 2.42. The quantitative estimate of drug-likeness (QED) is 0.773. The number of carbonyl (C=O) groups is 1. The second-order valence-electron chi connectivity index (χ2n) is 5.14. The molecule has 0 saturated heterocycles. The number of aromatic nitrogens is 2. The van der Waals surface area contributed by atoms with Crippen molar-refractivity contribution < 1.29 is 4.79 Å². The van der Waals surface area contributed by atoms with Crippen molar-refractivity contribution in [3.05, 3.63) is 77.6 Å². The van der Waals surface area contributed by atoms with Crippen molar-refractivity contribution in [1.29, 1.82) is 0 Å². The number of anilines is 1. The van der Waals surface area contributed by atoms with Crippen molar-refractivity contribution in [2.24, 2.45) is 5.73 Å². The van der Waals surface area contributed by atoms with E-state index in [0.717, 1.165) is 11.1 Å².